The van der Waals surface area contributed by atoms with Gasteiger partial charge >= 0.3 is 6.09 Å². The Bertz CT molecular complexity index is 635. The summed E-state index contributed by atoms with van der Waals surface area (Å²) in [5, 5.41) is 10.5. The van der Waals surface area contributed by atoms with Crippen LogP contribution in [-0.4, -0.2) is 28.2 Å². The molecule has 4 nitrogen and oxygen atoms in total. The molecule has 2 aromatic rings. The van der Waals surface area contributed by atoms with Crippen molar-refractivity contribution >= 4 is 6.09 Å². The predicted molar refractivity (Wildman–Crippen MR) is 94.5 cm³/mol. The molecule has 2 rings (SSSR count). The molecule has 0 radical (unpaired) electrons. The van der Waals surface area contributed by atoms with E-state index in [0.717, 1.165) is 11.1 Å². The van der Waals surface area contributed by atoms with E-state index >= 15 is 0 Å². The molecule has 0 aliphatic rings. The van der Waals surface area contributed by atoms with E-state index in [9.17, 15) is 9.90 Å². The number of aliphatic hydroxyl groups is 1. The second-order valence-corrected chi connectivity index (χ2v) is 6.77. The van der Waals surface area contributed by atoms with Crippen LogP contribution in [0, 0.1) is 0 Å². The van der Waals surface area contributed by atoms with Crippen LogP contribution >= 0.6 is 0 Å². The van der Waals surface area contributed by atoms with Crippen LogP contribution in [0.5, 0.6) is 0 Å². The summed E-state index contributed by atoms with van der Waals surface area (Å²) in [5.74, 6) is 0. The van der Waals surface area contributed by atoms with Crippen molar-refractivity contribution in [3.05, 3.63) is 71.8 Å². The number of rotatable bonds is 5. The van der Waals surface area contributed by atoms with Crippen molar-refractivity contribution in [1.29, 1.82) is 0 Å². The molecule has 0 aliphatic carbocycles. The lowest BCUT2D eigenvalue weighted by Gasteiger charge is -2.29. The van der Waals surface area contributed by atoms with Crippen LogP contribution in [0.15, 0.2) is 60.7 Å². The molecule has 0 fully saturated rings. The van der Waals surface area contributed by atoms with Gasteiger partial charge in [0.2, 0.25) is 0 Å². The highest BCUT2D eigenvalue weighted by Gasteiger charge is 2.24. The fourth-order valence-corrected chi connectivity index (χ4v) is 2.32. The zero-order valence-corrected chi connectivity index (χ0v) is 14.5. The fraction of sp³-hybridized carbons (Fsp3) is 0.350. The number of hydrogen-bond acceptors (Lipinski definition) is 3. The zero-order chi connectivity index (χ0) is 17.6. The maximum Gasteiger partial charge on any atom is 0.410 e. The molecule has 0 aromatic heterocycles. The highest BCUT2D eigenvalue weighted by atomic mass is 16.6. The maximum atomic E-state index is 12.5. The number of ether oxygens (including phenoxy) is 1. The van der Waals surface area contributed by atoms with Crippen LogP contribution < -0.4 is 0 Å². The van der Waals surface area contributed by atoms with Gasteiger partial charge in [-0.3, -0.25) is 0 Å². The Balaban J connectivity index is 2.14. The van der Waals surface area contributed by atoms with Crippen molar-refractivity contribution in [3.8, 4) is 0 Å². The summed E-state index contributed by atoms with van der Waals surface area (Å²) in [6, 6.07) is 19.0. The van der Waals surface area contributed by atoms with E-state index in [4.69, 9.17) is 4.74 Å². The van der Waals surface area contributed by atoms with Gasteiger partial charge in [0, 0.05) is 6.54 Å². The number of hydrogen-bond donors (Lipinski definition) is 1. The van der Waals surface area contributed by atoms with E-state index in [0.29, 0.717) is 6.54 Å². The molecule has 0 bridgehead atoms. The fourth-order valence-electron chi connectivity index (χ4n) is 2.32. The van der Waals surface area contributed by atoms with Gasteiger partial charge in [0.15, 0.2) is 0 Å². The minimum absolute atomic E-state index is 0.174. The highest BCUT2D eigenvalue weighted by molar-refractivity contribution is 5.68. The van der Waals surface area contributed by atoms with Crippen molar-refractivity contribution in [2.75, 3.05) is 6.54 Å². The Kier molecular flexibility index (Phi) is 5.99. The van der Waals surface area contributed by atoms with Crippen molar-refractivity contribution in [3.63, 3.8) is 0 Å². The van der Waals surface area contributed by atoms with Crippen molar-refractivity contribution in [2.45, 2.75) is 39.0 Å². The average molecular weight is 327 g/mol. The van der Waals surface area contributed by atoms with Crippen molar-refractivity contribution in [1.82, 2.24) is 4.90 Å². The van der Waals surface area contributed by atoms with E-state index in [-0.39, 0.29) is 6.54 Å². The van der Waals surface area contributed by atoms with Crippen molar-refractivity contribution < 1.29 is 14.6 Å². The first kappa shape index (κ1) is 18.0. The summed E-state index contributed by atoms with van der Waals surface area (Å²) in [5.41, 5.74) is 1.19. The van der Waals surface area contributed by atoms with Gasteiger partial charge in [-0.15, -0.1) is 0 Å². The molecule has 4 heteroatoms. The minimum Gasteiger partial charge on any atom is -0.444 e. The van der Waals surface area contributed by atoms with Crippen molar-refractivity contribution in [2.24, 2.45) is 0 Å². The molecule has 0 spiro atoms. The van der Waals surface area contributed by atoms with Crippen LogP contribution in [0.2, 0.25) is 0 Å². The lowest BCUT2D eigenvalue weighted by molar-refractivity contribution is 0.0124. The van der Waals surface area contributed by atoms with Crippen LogP contribution in [0.25, 0.3) is 0 Å². The highest BCUT2D eigenvalue weighted by Crippen LogP contribution is 2.18. The van der Waals surface area contributed by atoms with E-state index in [1.54, 1.807) is 0 Å². The first-order chi connectivity index (χ1) is 11.3. The van der Waals surface area contributed by atoms with Gasteiger partial charge in [0.05, 0.1) is 12.6 Å². The molecule has 0 heterocycles. The van der Waals surface area contributed by atoms with Crippen LogP contribution in [0.3, 0.4) is 0 Å². The summed E-state index contributed by atoms with van der Waals surface area (Å²) in [6.45, 7) is 6.06. The molecule has 24 heavy (non-hydrogen) atoms. The number of benzene rings is 2. The van der Waals surface area contributed by atoms with Gasteiger partial charge in [-0.25, -0.2) is 4.79 Å². The lowest BCUT2D eigenvalue weighted by Crippen LogP contribution is -2.38. The second-order valence-electron chi connectivity index (χ2n) is 6.77. The Morgan fingerprint density at radius 2 is 1.58 bits per heavy atom. The third-order valence-electron chi connectivity index (χ3n) is 3.45. The zero-order valence-electron chi connectivity index (χ0n) is 14.5. The van der Waals surface area contributed by atoms with Gasteiger partial charge in [0.25, 0.3) is 0 Å². The Morgan fingerprint density at radius 3 is 2.12 bits per heavy atom. The second kappa shape index (κ2) is 7.97. The maximum absolute atomic E-state index is 12.5. The standard InChI is InChI=1S/C20H25NO3/c1-20(2,3)24-19(23)21(14-16-10-6-4-7-11-16)15-18(22)17-12-8-5-9-13-17/h4-13,18,22H,14-15H2,1-3H3. The van der Waals surface area contributed by atoms with Gasteiger partial charge in [-0.2, -0.15) is 0 Å². The third-order valence-corrected chi connectivity index (χ3v) is 3.45. The molecular weight excluding hydrogens is 302 g/mol. The largest absolute Gasteiger partial charge is 0.444 e. The molecular formula is C20H25NO3. The number of amides is 1. The summed E-state index contributed by atoms with van der Waals surface area (Å²) in [4.78, 5) is 14.1. The molecule has 0 saturated carbocycles. The molecule has 0 saturated heterocycles. The molecule has 1 amide bonds. The van der Waals surface area contributed by atoms with E-state index < -0.39 is 17.8 Å². The molecule has 2 aromatic carbocycles. The van der Waals surface area contributed by atoms with Gasteiger partial charge in [0.1, 0.15) is 5.60 Å². The van der Waals surface area contributed by atoms with E-state index in [1.807, 2.05) is 81.4 Å². The summed E-state index contributed by atoms with van der Waals surface area (Å²) in [7, 11) is 0. The number of aliphatic hydroxyl groups excluding tert-OH is 1. The smallest absolute Gasteiger partial charge is 0.410 e. The van der Waals surface area contributed by atoms with Crippen LogP contribution in [0.4, 0.5) is 4.79 Å². The summed E-state index contributed by atoms with van der Waals surface area (Å²) < 4.78 is 5.48. The van der Waals surface area contributed by atoms with E-state index in [1.165, 1.54) is 4.90 Å². The topological polar surface area (TPSA) is 49.8 Å². The summed E-state index contributed by atoms with van der Waals surface area (Å²) >= 11 is 0. The lowest BCUT2D eigenvalue weighted by atomic mass is 10.1. The number of carbonyl (C=O) groups is 1. The molecule has 0 aliphatic heterocycles. The Labute approximate surface area is 143 Å². The number of carbonyl (C=O) groups excluding carboxylic acids is 1. The Morgan fingerprint density at radius 1 is 1.04 bits per heavy atom. The average Bonchev–Trinajstić information content (AvgIpc) is 2.54. The summed E-state index contributed by atoms with van der Waals surface area (Å²) in [6.07, 6.45) is -1.19. The third kappa shape index (κ3) is 5.70. The predicted octanol–water partition coefficient (Wildman–Crippen LogP) is 4.16. The normalized spacial score (nSPS) is 12.5. The SMILES string of the molecule is CC(C)(C)OC(=O)N(Cc1ccccc1)CC(O)c1ccccc1. The van der Waals surface area contributed by atoms with Crippen LogP contribution in [-0.2, 0) is 11.3 Å². The first-order valence-corrected chi connectivity index (χ1v) is 8.10. The van der Waals surface area contributed by atoms with Gasteiger partial charge in [-0.1, -0.05) is 60.7 Å². The first-order valence-electron chi connectivity index (χ1n) is 8.10. The molecule has 1 unspecified atom stereocenters. The molecule has 1 atom stereocenters. The van der Waals surface area contributed by atoms with Gasteiger partial charge < -0.3 is 14.7 Å². The monoisotopic (exact) mass is 327 g/mol. The quantitative estimate of drug-likeness (QED) is 0.897. The number of nitrogens with zero attached hydrogens (tertiary/aromatic N) is 1. The van der Waals surface area contributed by atoms with Gasteiger partial charge in [-0.05, 0) is 31.9 Å². The Hall–Kier alpha value is -2.33. The van der Waals surface area contributed by atoms with Crippen LogP contribution in [0.1, 0.15) is 38.0 Å². The molecule has 1 N–H and O–H groups in total. The molecule has 128 valence electrons. The minimum atomic E-state index is -0.762. The van der Waals surface area contributed by atoms with E-state index in [2.05, 4.69) is 0 Å².